The van der Waals surface area contributed by atoms with E-state index in [0.717, 1.165) is 22.1 Å². The molecular formula is C18H19N3O3. The zero-order chi connectivity index (χ0) is 17.3. The molecule has 2 aromatic rings. The summed E-state index contributed by atoms with van der Waals surface area (Å²) in [5.74, 6) is 0.515. The van der Waals surface area contributed by atoms with Crippen molar-refractivity contribution in [2.75, 3.05) is 14.2 Å². The van der Waals surface area contributed by atoms with Gasteiger partial charge in [-0.15, -0.1) is 0 Å². The Balaban J connectivity index is 2.23. The highest BCUT2D eigenvalue weighted by atomic mass is 16.5. The average Bonchev–Trinajstić information content (AvgIpc) is 2.59. The third-order valence-electron chi connectivity index (χ3n) is 4.19. The van der Waals surface area contributed by atoms with Crippen LogP contribution in [0.1, 0.15) is 18.5 Å². The predicted molar refractivity (Wildman–Crippen MR) is 91.7 cm³/mol. The van der Waals surface area contributed by atoms with Gasteiger partial charge in [-0.3, -0.25) is 4.79 Å². The zero-order valence-electron chi connectivity index (χ0n) is 13.8. The highest BCUT2D eigenvalue weighted by Gasteiger charge is 2.31. The zero-order valence-corrected chi connectivity index (χ0v) is 13.8. The first-order valence-corrected chi connectivity index (χ1v) is 7.62. The molecule has 3 rings (SSSR count). The van der Waals surface area contributed by atoms with Crippen LogP contribution in [0.4, 0.5) is 4.79 Å². The van der Waals surface area contributed by atoms with Crippen LogP contribution in [0.2, 0.25) is 0 Å². The minimum absolute atomic E-state index is 0.232. The molecule has 0 aliphatic carbocycles. The summed E-state index contributed by atoms with van der Waals surface area (Å²) in [6.45, 7) is 1.72. The van der Waals surface area contributed by atoms with E-state index in [1.807, 2.05) is 36.4 Å². The Morgan fingerprint density at radius 1 is 1.17 bits per heavy atom. The first-order chi connectivity index (χ1) is 11.6. The van der Waals surface area contributed by atoms with Crippen LogP contribution in [0.3, 0.4) is 0 Å². The number of benzene rings is 2. The number of nitrogens with one attached hydrogen (secondary N) is 3. The lowest BCUT2D eigenvalue weighted by Crippen LogP contribution is -2.46. The summed E-state index contributed by atoms with van der Waals surface area (Å²) in [5, 5.41) is 10.0. The molecule has 1 atom stereocenters. The number of methoxy groups -OCH3 is 1. The summed E-state index contributed by atoms with van der Waals surface area (Å²) in [5.41, 5.74) is 1.88. The Kier molecular flexibility index (Phi) is 4.12. The van der Waals surface area contributed by atoms with E-state index in [4.69, 9.17) is 4.74 Å². The molecule has 6 heteroatoms. The molecule has 1 aliphatic heterocycles. The van der Waals surface area contributed by atoms with Crippen molar-refractivity contribution in [3.05, 3.63) is 53.2 Å². The number of carbonyl (C=O) groups excluding carboxylic acids is 2. The second-order valence-electron chi connectivity index (χ2n) is 5.55. The molecule has 0 bridgehead atoms. The van der Waals surface area contributed by atoms with E-state index in [1.54, 1.807) is 21.1 Å². The lowest BCUT2D eigenvalue weighted by atomic mass is 9.90. The number of hydrogen-bond acceptors (Lipinski definition) is 3. The first-order valence-electron chi connectivity index (χ1n) is 7.62. The highest BCUT2D eigenvalue weighted by Crippen LogP contribution is 2.35. The molecule has 1 heterocycles. The van der Waals surface area contributed by atoms with Crippen molar-refractivity contribution in [1.29, 1.82) is 0 Å². The summed E-state index contributed by atoms with van der Waals surface area (Å²) < 4.78 is 5.42. The van der Waals surface area contributed by atoms with Gasteiger partial charge in [0.25, 0.3) is 5.91 Å². The van der Waals surface area contributed by atoms with Crippen molar-refractivity contribution in [1.82, 2.24) is 16.0 Å². The first kappa shape index (κ1) is 15.9. The summed E-state index contributed by atoms with van der Waals surface area (Å²) in [4.78, 5) is 24.3. The molecule has 0 unspecified atom stereocenters. The number of amides is 3. The van der Waals surface area contributed by atoms with Gasteiger partial charge in [0.2, 0.25) is 0 Å². The molecule has 0 spiro atoms. The van der Waals surface area contributed by atoms with Crippen molar-refractivity contribution in [2.24, 2.45) is 0 Å². The Labute approximate surface area is 139 Å². The number of ether oxygens (including phenoxy) is 1. The van der Waals surface area contributed by atoms with Crippen LogP contribution < -0.4 is 20.7 Å². The highest BCUT2D eigenvalue weighted by molar-refractivity contribution is 6.00. The van der Waals surface area contributed by atoms with Gasteiger partial charge in [0.1, 0.15) is 5.75 Å². The predicted octanol–water partition coefficient (Wildman–Crippen LogP) is 2.22. The molecule has 24 heavy (non-hydrogen) atoms. The lowest BCUT2D eigenvalue weighted by molar-refractivity contribution is -0.117. The van der Waals surface area contributed by atoms with E-state index in [0.29, 0.717) is 11.3 Å². The quantitative estimate of drug-likeness (QED) is 0.809. The largest absolute Gasteiger partial charge is 0.496 e. The maximum atomic E-state index is 12.3. The Bertz CT molecular complexity index is 858. The molecular weight excluding hydrogens is 306 g/mol. The van der Waals surface area contributed by atoms with Gasteiger partial charge >= 0.3 is 6.03 Å². The van der Waals surface area contributed by atoms with E-state index < -0.39 is 6.04 Å². The molecule has 6 nitrogen and oxygen atoms in total. The summed E-state index contributed by atoms with van der Waals surface area (Å²) in [6.07, 6.45) is 0. The maximum absolute atomic E-state index is 12.3. The van der Waals surface area contributed by atoms with Gasteiger partial charge in [0, 0.05) is 18.1 Å². The monoisotopic (exact) mass is 325 g/mol. The smallest absolute Gasteiger partial charge is 0.319 e. The van der Waals surface area contributed by atoms with E-state index in [1.165, 1.54) is 0 Å². The van der Waals surface area contributed by atoms with Gasteiger partial charge in [0.15, 0.2) is 0 Å². The fourth-order valence-corrected chi connectivity index (χ4v) is 3.09. The van der Waals surface area contributed by atoms with Crippen molar-refractivity contribution in [2.45, 2.75) is 13.0 Å². The number of likely N-dealkylation sites (N-methyl/N-ethyl adjacent to an activating group) is 1. The third-order valence-corrected chi connectivity index (χ3v) is 4.19. The molecule has 0 aromatic heterocycles. The van der Waals surface area contributed by atoms with Crippen molar-refractivity contribution in [3.63, 3.8) is 0 Å². The van der Waals surface area contributed by atoms with Crippen LogP contribution in [0.15, 0.2) is 47.7 Å². The number of allylic oxidation sites excluding steroid dienone is 1. The molecule has 3 amide bonds. The molecule has 2 aromatic carbocycles. The van der Waals surface area contributed by atoms with E-state index in [-0.39, 0.29) is 11.9 Å². The molecule has 0 saturated heterocycles. The second kappa shape index (κ2) is 6.23. The summed E-state index contributed by atoms with van der Waals surface area (Å²) in [6, 6.07) is 10.6. The maximum Gasteiger partial charge on any atom is 0.319 e. The lowest BCUT2D eigenvalue weighted by Gasteiger charge is -2.29. The minimum atomic E-state index is -0.533. The van der Waals surface area contributed by atoms with Gasteiger partial charge in [-0.2, -0.15) is 0 Å². The van der Waals surface area contributed by atoms with Crippen LogP contribution in [0, 0.1) is 0 Å². The number of carbonyl (C=O) groups is 2. The van der Waals surface area contributed by atoms with Gasteiger partial charge in [-0.1, -0.05) is 30.3 Å². The van der Waals surface area contributed by atoms with E-state index >= 15 is 0 Å². The molecule has 1 aliphatic rings. The van der Waals surface area contributed by atoms with Gasteiger partial charge < -0.3 is 20.7 Å². The van der Waals surface area contributed by atoms with Gasteiger partial charge in [-0.05, 0) is 23.9 Å². The standard InChI is InChI=1S/C18H19N3O3/c1-10-15(17(22)19-2)16(21-18(23)20-10)13-8-9-14(24-3)12-7-5-4-6-11(12)13/h4-9,16H,1-3H3,(H,19,22)(H2,20,21,23)/t16-/m1/s1. The minimum Gasteiger partial charge on any atom is -0.496 e. The fraction of sp³-hybridized carbons (Fsp3) is 0.222. The van der Waals surface area contributed by atoms with E-state index in [2.05, 4.69) is 16.0 Å². The topological polar surface area (TPSA) is 79.5 Å². The number of fused-ring (bicyclic) bond motifs is 1. The average molecular weight is 325 g/mol. The van der Waals surface area contributed by atoms with Gasteiger partial charge in [-0.25, -0.2) is 4.79 Å². The Hall–Kier alpha value is -3.02. The van der Waals surface area contributed by atoms with Crippen molar-refractivity contribution < 1.29 is 14.3 Å². The van der Waals surface area contributed by atoms with Crippen LogP contribution in [0.25, 0.3) is 10.8 Å². The second-order valence-corrected chi connectivity index (χ2v) is 5.55. The Morgan fingerprint density at radius 2 is 1.88 bits per heavy atom. The normalized spacial score (nSPS) is 17.3. The summed E-state index contributed by atoms with van der Waals surface area (Å²) in [7, 11) is 3.19. The van der Waals surface area contributed by atoms with Gasteiger partial charge in [0.05, 0.1) is 18.7 Å². The molecule has 0 radical (unpaired) electrons. The molecule has 124 valence electrons. The number of hydrogen-bond donors (Lipinski definition) is 3. The van der Waals surface area contributed by atoms with E-state index in [9.17, 15) is 9.59 Å². The number of urea groups is 1. The van der Waals surface area contributed by atoms with Crippen LogP contribution in [-0.2, 0) is 4.79 Å². The summed E-state index contributed by atoms with van der Waals surface area (Å²) >= 11 is 0. The molecule has 0 fully saturated rings. The van der Waals surface area contributed by atoms with Crippen LogP contribution in [0.5, 0.6) is 5.75 Å². The van der Waals surface area contributed by atoms with Crippen LogP contribution in [-0.4, -0.2) is 26.1 Å². The van der Waals surface area contributed by atoms with Crippen molar-refractivity contribution in [3.8, 4) is 5.75 Å². The SMILES string of the molecule is CNC(=O)C1=C(C)NC(=O)N[C@@H]1c1ccc(OC)c2ccccc12. The molecule has 0 saturated carbocycles. The van der Waals surface area contributed by atoms with Crippen molar-refractivity contribution >= 4 is 22.7 Å². The van der Waals surface area contributed by atoms with Crippen LogP contribution >= 0.6 is 0 Å². The third kappa shape index (κ3) is 2.56. The number of rotatable bonds is 3. The Morgan fingerprint density at radius 3 is 2.54 bits per heavy atom. The molecule has 3 N–H and O–H groups in total. The fourth-order valence-electron chi connectivity index (χ4n) is 3.09.